The van der Waals surface area contributed by atoms with Gasteiger partial charge in [-0.15, -0.1) is 0 Å². The van der Waals surface area contributed by atoms with Gasteiger partial charge in [-0.05, 0) is 48.0 Å². The van der Waals surface area contributed by atoms with E-state index in [-0.39, 0.29) is 18.4 Å². The van der Waals surface area contributed by atoms with Gasteiger partial charge < -0.3 is 15.1 Å². The first-order valence-corrected chi connectivity index (χ1v) is 8.64. The summed E-state index contributed by atoms with van der Waals surface area (Å²) in [5.41, 5.74) is 1.65. The minimum Gasteiger partial charge on any atom is -0.467 e. The average Bonchev–Trinajstić information content (AvgIpc) is 3.20. The zero-order valence-electron chi connectivity index (χ0n) is 14.3. The number of anilines is 1. The Labute approximate surface area is 161 Å². The number of hydrogen-bond acceptors (Lipinski definition) is 3. The van der Waals surface area contributed by atoms with Crippen molar-refractivity contribution in [1.82, 2.24) is 5.32 Å². The second kappa shape index (κ2) is 8.87. The second-order valence-corrected chi connectivity index (χ2v) is 6.12. The number of benzene rings is 2. The zero-order valence-corrected chi connectivity index (χ0v) is 15.1. The normalized spacial score (nSPS) is 10.7. The Hall–Kier alpha value is -3.31. The fraction of sp³-hybridized carbons (Fsp3) is 0.0476. The molecule has 27 heavy (non-hydrogen) atoms. The molecule has 0 bridgehead atoms. The summed E-state index contributed by atoms with van der Waals surface area (Å²) in [6, 6.07) is 17.5. The van der Waals surface area contributed by atoms with Crippen LogP contribution in [0.2, 0.25) is 5.02 Å². The number of para-hydroxylation sites is 1. The predicted molar refractivity (Wildman–Crippen MR) is 105 cm³/mol. The molecule has 0 fully saturated rings. The van der Waals surface area contributed by atoms with E-state index in [4.69, 9.17) is 16.0 Å². The monoisotopic (exact) mass is 380 g/mol. The molecule has 2 amide bonds. The molecular weight excluding hydrogens is 364 g/mol. The highest BCUT2D eigenvalue weighted by atomic mass is 35.5. The Bertz CT molecular complexity index is 948. The van der Waals surface area contributed by atoms with Crippen LogP contribution in [0.25, 0.3) is 6.08 Å². The fourth-order valence-corrected chi connectivity index (χ4v) is 2.51. The van der Waals surface area contributed by atoms with Gasteiger partial charge in [0.15, 0.2) is 0 Å². The lowest BCUT2D eigenvalue weighted by molar-refractivity contribution is -0.111. The molecule has 1 heterocycles. The molecule has 0 unspecified atom stereocenters. The lowest BCUT2D eigenvalue weighted by atomic mass is 10.1. The number of halogens is 1. The van der Waals surface area contributed by atoms with Gasteiger partial charge in [0.1, 0.15) is 5.76 Å². The van der Waals surface area contributed by atoms with Crippen molar-refractivity contribution in [1.29, 1.82) is 0 Å². The highest BCUT2D eigenvalue weighted by Gasteiger charge is 2.12. The summed E-state index contributed by atoms with van der Waals surface area (Å²) in [5.74, 6) is 0.0102. The first kappa shape index (κ1) is 18.5. The van der Waals surface area contributed by atoms with Crippen LogP contribution < -0.4 is 10.6 Å². The molecule has 6 heteroatoms. The molecule has 0 atom stereocenters. The predicted octanol–water partition coefficient (Wildman–Crippen LogP) is 4.51. The molecule has 0 radical (unpaired) electrons. The Kier molecular flexibility index (Phi) is 6.07. The van der Waals surface area contributed by atoms with Crippen LogP contribution in [0.5, 0.6) is 0 Å². The summed E-state index contributed by atoms with van der Waals surface area (Å²) < 4.78 is 5.19. The number of furan rings is 1. The van der Waals surface area contributed by atoms with Crippen LogP contribution >= 0.6 is 11.6 Å². The quantitative estimate of drug-likeness (QED) is 0.618. The van der Waals surface area contributed by atoms with Gasteiger partial charge in [-0.25, -0.2) is 0 Å². The molecule has 2 aromatic carbocycles. The Morgan fingerprint density at radius 1 is 1.00 bits per heavy atom. The van der Waals surface area contributed by atoms with Crippen LogP contribution in [0.4, 0.5) is 5.69 Å². The van der Waals surface area contributed by atoms with Crippen LogP contribution in [0.1, 0.15) is 21.7 Å². The minimum atomic E-state index is -0.337. The lowest BCUT2D eigenvalue weighted by Gasteiger charge is -2.10. The maximum atomic E-state index is 12.4. The molecule has 3 rings (SSSR count). The van der Waals surface area contributed by atoms with Gasteiger partial charge in [-0.2, -0.15) is 0 Å². The third-order valence-corrected chi connectivity index (χ3v) is 3.98. The van der Waals surface area contributed by atoms with E-state index in [9.17, 15) is 9.59 Å². The number of rotatable bonds is 6. The third-order valence-electron chi connectivity index (χ3n) is 3.73. The van der Waals surface area contributed by atoms with E-state index < -0.39 is 0 Å². The van der Waals surface area contributed by atoms with Gasteiger partial charge in [-0.1, -0.05) is 35.9 Å². The molecule has 5 nitrogen and oxygen atoms in total. The first-order valence-electron chi connectivity index (χ1n) is 8.26. The van der Waals surface area contributed by atoms with Crippen molar-refractivity contribution >= 4 is 35.2 Å². The fourth-order valence-electron chi connectivity index (χ4n) is 2.39. The lowest BCUT2D eigenvalue weighted by Crippen LogP contribution is -2.24. The number of carbonyl (C=O) groups is 2. The van der Waals surface area contributed by atoms with Crippen molar-refractivity contribution in [3.63, 3.8) is 0 Å². The summed E-state index contributed by atoms with van der Waals surface area (Å²) in [6.07, 6.45) is 4.62. The largest absolute Gasteiger partial charge is 0.467 e. The molecule has 0 saturated carbocycles. The Morgan fingerprint density at radius 2 is 1.78 bits per heavy atom. The van der Waals surface area contributed by atoms with Crippen LogP contribution in [0.3, 0.4) is 0 Å². The zero-order chi connectivity index (χ0) is 19.1. The van der Waals surface area contributed by atoms with Crippen LogP contribution in [0, 0.1) is 0 Å². The highest BCUT2D eigenvalue weighted by Crippen LogP contribution is 2.16. The van der Waals surface area contributed by atoms with Crippen LogP contribution in [0.15, 0.2) is 77.4 Å². The van der Waals surface area contributed by atoms with Crippen LogP contribution in [-0.2, 0) is 11.3 Å². The van der Waals surface area contributed by atoms with E-state index in [1.54, 1.807) is 60.9 Å². The van der Waals surface area contributed by atoms with E-state index in [0.29, 0.717) is 22.0 Å². The van der Waals surface area contributed by atoms with Gasteiger partial charge in [0, 0.05) is 11.1 Å². The molecule has 0 aliphatic heterocycles. The minimum absolute atomic E-state index is 0.268. The Balaban J connectivity index is 1.65. The maximum Gasteiger partial charge on any atom is 0.253 e. The van der Waals surface area contributed by atoms with Crippen molar-refractivity contribution in [2.24, 2.45) is 0 Å². The van der Waals surface area contributed by atoms with E-state index in [1.165, 1.54) is 6.08 Å². The molecule has 136 valence electrons. The number of amides is 2. The van der Waals surface area contributed by atoms with E-state index in [2.05, 4.69) is 10.6 Å². The van der Waals surface area contributed by atoms with Crippen molar-refractivity contribution in [3.05, 3.63) is 94.9 Å². The van der Waals surface area contributed by atoms with E-state index >= 15 is 0 Å². The first-order chi connectivity index (χ1) is 13.1. The van der Waals surface area contributed by atoms with Gasteiger partial charge in [0.05, 0.1) is 24.1 Å². The molecular formula is C21H17ClN2O3. The number of nitrogens with one attached hydrogen (secondary N) is 2. The van der Waals surface area contributed by atoms with Gasteiger partial charge in [-0.3, -0.25) is 9.59 Å². The van der Waals surface area contributed by atoms with Crippen molar-refractivity contribution < 1.29 is 14.0 Å². The van der Waals surface area contributed by atoms with Crippen LogP contribution in [-0.4, -0.2) is 11.8 Å². The number of carbonyl (C=O) groups excluding carboxylic acids is 2. The van der Waals surface area contributed by atoms with Crippen molar-refractivity contribution in [2.45, 2.75) is 6.54 Å². The summed E-state index contributed by atoms with van der Waals surface area (Å²) in [4.78, 5) is 24.6. The van der Waals surface area contributed by atoms with E-state index in [1.807, 2.05) is 12.1 Å². The van der Waals surface area contributed by atoms with Gasteiger partial charge in [0.25, 0.3) is 5.91 Å². The van der Waals surface area contributed by atoms with Gasteiger partial charge >= 0.3 is 0 Å². The Morgan fingerprint density at radius 3 is 2.52 bits per heavy atom. The average molecular weight is 381 g/mol. The van der Waals surface area contributed by atoms with Gasteiger partial charge in [0.2, 0.25) is 5.91 Å². The molecule has 0 spiro atoms. The third kappa shape index (κ3) is 5.33. The smallest absolute Gasteiger partial charge is 0.253 e. The van der Waals surface area contributed by atoms with Crippen molar-refractivity contribution in [2.75, 3.05) is 5.32 Å². The summed E-state index contributed by atoms with van der Waals surface area (Å²) in [6.45, 7) is 0.268. The SMILES string of the molecule is O=C(/C=C/c1ccc(Cl)cc1)Nc1ccccc1C(=O)NCc1ccco1. The molecule has 0 saturated heterocycles. The van der Waals surface area contributed by atoms with Crippen molar-refractivity contribution in [3.8, 4) is 0 Å². The van der Waals surface area contributed by atoms with E-state index in [0.717, 1.165) is 5.56 Å². The maximum absolute atomic E-state index is 12.4. The summed E-state index contributed by atoms with van der Waals surface area (Å²) in [7, 11) is 0. The second-order valence-electron chi connectivity index (χ2n) is 5.68. The summed E-state index contributed by atoms with van der Waals surface area (Å²) >= 11 is 5.84. The standard InChI is InChI=1S/C21H17ClN2O3/c22-16-10-7-15(8-11-16)9-12-20(25)24-19-6-2-1-5-18(19)21(26)23-14-17-4-3-13-27-17/h1-13H,14H2,(H,23,26)(H,24,25)/b12-9+. The molecule has 1 aromatic heterocycles. The topological polar surface area (TPSA) is 71.3 Å². The summed E-state index contributed by atoms with van der Waals surface area (Å²) in [5, 5.41) is 6.12. The molecule has 0 aliphatic carbocycles. The highest BCUT2D eigenvalue weighted by molar-refractivity contribution is 6.30. The molecule has 0 aliphatic rings. The number of hydrogen-bond donors (Lipinski definition) is 2. The molecule has 3 aromatic rings. The molecule has 2 N–H and O–H groups in total.